The van der Waals surface area contributed by atoms with Gasteiger partial charge < -0.3 is 4.74 Å². The van der Waals surface area contributed by atoms with Crippen LogP contribution in [0.25, 0.3) is 11.1 Å². The minimum Gasteiger partial charge on any atom is -0.369 e. The fourth-order valence-electron chi connectivity index (χ4n) is 3.86. The molecule has 0 bridgehead atoms. The molecule has 4 nitrogen and oxygen atoms in total. The number of hydrogen-bond acceptors (Lipinski definition) is 4. The molecular weight excluding hydrogens is 555 g/mol. The van der Waals surface area contributed by atoms with Crippen LogP contribution < -0.4 is 0 Å². The monoisotopic (exact) mass is 567 g/mol. The summed E-state index contributed by atoms with van der Waals surface area (Å²) in [5.74, 6) is -6.82. The van der Waals surface area contributed by atoms with E-state index in [0.717, 1.165) is 23.3 Å². The van der Waals surface area contributed by atoms with Gasteiger partial charge in [-0.3, -0.25) is 4.28 Å². The summed E-state index contributed by atoms with van der Waals surface area (Å²) in [7, 11) is 0. The molecule has 4 rings (SSSR count). The van der Waals surface area contributed by atoms with Crippen molar-refractivity contribution in [2.75, 3.05) is 6.61 Å². The Kier molecular flexibility index (Phi) is 6.38. The third-order valence-corrected chi connectivity index (χ3v) is 6.68. The Hall–Kier alpha value is -2.75. The van der Waals surface area contributed by atoms with E-state index < -0.39 is 64.3 Å². The molecule has 2 aromatic rings. The lowest BCUT2D eigenvalue weighted by molar-refractivity contribution is -0.353. The number of benzene rings is 2. The lowest BCUT2D eigenvalue weighted by Gasteiger charge is -2.36. The second-order valence-electron chi connectivity index (χ2n) is 8.08. The van der Waals surface area contributed by atoms with E-state index in [-0.39, 0.29) is 6.42 Å². The summed E-state index contributed by atoms with van der Waals surface area (Å²) in [6.07, 6.45) is -15.2. The van der Waals surface area contributed by atoms with Crippen LogP contribution in [0.5, 0.6) is 0 Å². The molecule has 2 aromatic carbocycles. The molecular formula is C21H12F11NO3S. The molecule has 1 heterocycles. The van der Waals surface area contributed by atoms with Gasteiger partial charge in [-0.25, -0.2) is 8.60 Å². The number of fused-ring (bicyclic) bond motifs is 3. The summed E-state index contributed by atoms with van der Waals surface area (Å²) in [5, 5.41) is -3.89. The second kappa shape index (κ2) is 8.64. The highest BCUT2D eigenvalue weighted by molar-refractivity contribution is 7.81. The van der Waals surface area contributed by atoms with E-state index >= 15 is 0 Å². The van der Waals surface area contributed by atoms with Crippen LogP contribution in [0.4, 0.5) is 48.3 Å². The molecule has 0 amide bonds. The number of hydrogen-bond donors (Lipinski definition) is 0. The molecule has 202 valence electrons. The third-order valence-electron chi connectivity index (χ3n) is 5.75. The SMILES string of the molecule is O=S(O/N=C(/c1ccc2c(c1)Cc1ccccc1-2)C(F)(F)F)C(F)(F)C(F)(C1CO1)C(F)(F)C(F)(F)F. The van der Waals surface area contributed by atoms with Crippen molar-refractivity contribution in [2.24, 2.45) is 5.16 Å². The standard InChI is InChI=1S/C21H12F11NO3S/c22-17(15-9-35-15,19(26,27)20(28,29)30)21(31,32)37(34)36-33-16(18(23,24)25)11-5-6-14-12(8-11)7-10-3-1-2-4-13(10)14/h1-6,8,15H,7,9H2/b33-16-. The Balaban J connectivity index is 1.67. The zero-order valence-corrected chi connectivity index (χ0v) is 18.6. The van der Waals surface area contributed by atoms with Crippen molar-refractivity contribution < 1.29 is 61.5 Å². The minimum absolute atomic E-state index is 0.188. The molecule has 1 aliphatic heterocycles. The largest absolute Gasteiger partial charge is 0.457 e. The maximum atomic E-state index is 14.8. The van der Waals surface area contributed by atoms with Crippen molar-refractivity contribution >= 4 is 16.8 Å². The highest BCUT2D eigenvalue weighted by Crippen LogP contribution is 2.57. The van der Waals surface area contributed by atoms with Crippen molar-refractivity contribution in [1.29, 1.82) is 0 Å². The van der Waals surface area contributed by atoms with E-state index in [0.29, 0.717) is 11.1 Å². The topological polar surface area (TPSA) is 51.2 Å². The van der Waals surface area contributed by atoms with Gasteiger partial charge in [-0.15, -0.1) is 0 Å². The van der Waals surface area contributed by atoms with E-state index in [1.54, 1.807) is 24.3 Å². The summed E-state index contributed by atoms with van der Waals surface area (Å²) in [6.45, 7) is -1.33. The van der Waals surface area contributed by atoms with Crippen LogP contribution in [0.3, 0.4) is 0 Å². The number of rotatable bonds is 7. The fraction of sp³-hybridized carbons (Fsp3) is 0.381. The average Bonchev–Trinajstić information content (AvgIpc) is 3.57. The van der Waals surface area contributed by atoms with Gasteiger partial charge in [0.2, 0.25) is 0 Å². The molecule has 3 atom stereocenters. The van der Waals surface area contributed by atoms with E-state index in [4.69, 9.17) is 0 Å². The Morgan fingerprint density at radius 2 is 1.49 bits per heavy atom. The van der Waals surface area contributed by atoms with E-state index in [2.05, 4.69) is 14.2 Å². The summed E-state index contributed by atoms with van der Waals surface area (Å²) in [5.41, 5.74) is -6.42. The lowest BCUT2D eigenvalue weighted by Crippen LogP contribution is -2.67. The zero-order valence-electron chi connectivity index (χ0n) is 17.8. The van der Waals surface area contributed by atoms with Gasteiger partial charge in [-0.05, 0) is 34.7 Å². The average molecular weight is 567 g/mol. The van der Waals surface area contributed by atoms with Crippen molar-refractivity contribution in [3.8, 4) is 11.1 Å². The third kappa shape index (κ3) is 4.36. The van der Waals surface area contributed by atoms with E-state index in [1.807, 2.05) is 0 Å². The van der Waals surface area contributed by atoms with Crippen molar-refractivity contribution in [2.45, 2.75) is 41.7 Å². The zero-order chi connectivity index (χ0) is 27.6. The van der Waals surface area contributed by atoms with Crippen molar-refractivity contribution in [1.82, 2.24) is 0 Å². The van der Waals surface area contributed by atoms with Gasteiger partial charge >= 0.3 is 34.6 Å². The predicted molar refractivity (Wildman–Crippen MR) is 106 cm³/mol. The molecule has 1 fully saturated rings. The van der Waals surface area contributed by atoms with E-state index in [1.165, 1.54) is 6.07 Å². The van der Waals surface area contributed by atoms with Crippen molar-refractivity contribution in [3.05, 3.63) is 59.2 Å². The first-order valence-corrected chi connectivity index (χ1v) is 11.1. The molecule has 1 saturated heterocycles. The number of oxime groups is 1. The summed E-state index contributed by atoms with van der Waals surface area (Å²) >= 11 is -4.88. The minimum atomic E-state index is -6.90. The quantitative estimate of drug-likeness (QED) is 0.150. The number of epoxide rings is 1. The van der Waals surface area contributed by atoms with Crippen LogP contribution in [0.15, 0.2) is 47.6 Å². The first-order valence-electron chi connectivity index (χ1n) is 10.0. The summed E-state index contributed by atoms with van der Waals surface area (Å²) < 4.78 is 169. The van der Waals surface area contributed by atoms with Gasteiger partial charge in [-0.2, -0.15) is 43.9 Å². The second-order valence-corrected chi connectivity index (χ2v) is 9.21. The molecule has 0 saturated carbocycles. The van der Waals surface area contributed by atoms with Crippen LogP contribution in [0.1, 0.15) is 16.7 Å². The smallest absolute Gasteiger partial charge is 0.369 e. The molecule has 1 aliphatic carbocycles. The Morgan fingerprint density at radius 3 is 2.05 bits per heavy atom. The van der Waals surface area contributed by atoms with Gasteiger partial charge in [0.1, 0.15) is 6.10 Å². The maximum absolute atomic E-state index is 14.8. The molecule has 37 heavy (non-hydrogen) atoms. The van der Waals surface area contributed by atoms with E-state index in [9.17, 15) is 52.5 Å². The van der Waals surface area contributed by atoms with Gasteiger partial charge in [0.05, 0.1) is 6.61 Å². The van der Waals surface area contributed by atoms with Crippen LogP contribution in [-0.2, 0) is 26.5 Å². The van der Waals surface area contributed by atoms with Crippen molar-refractivity contribution in [3.63, 3.8) is 0 Å². The molecule has 0 N–H and O–H groups in total. The molecule has 0 aromatic heterocycles. The van der Waals surface area contributed by atoms with Crippen LogP contribution in [0, 0.1) is 0 Å². The van der Waals surface area contributed by atoms with Gasteiger partial charge in [-0.1, -0.05) is 41.6 Å². The first kappa shape index (κ1) is 27.3. The highest BCUT2D eigenvalue weighted by Gasteiger charge is 2.87. The van der Waals surface area contributed by atoms with Crippen LogP contribution in [-0.4, -0.2) is 51.8 Å². The lowest BCUT2D eigenvalue weighted by atomic mass is 9.93. The van der Waals surface area contributed by atoms with Gasteiger partial charge in [0.15, 0.2) is 5.71 Å². The maximum Gasteiger partial charge on any atom is 0.457 e. The van der Waals surface area contributed by atoms with Gasteiger partial charge in [0.25, 0.3) is 5.67 Å². The first-order chi connectivity index (χ1) is 16.9. The number of alkyl halides is 11. The summed E-state index contributed by atoms with van der Waals surface area (Å²) in [4.78, 5) is 0. The number of nitrogens with zero attached hydrogens (tertiary/aromatic N) is 1. The van der Waals surface area contributed by atoms with Gasteiger partial charge in [0, 0.05) is 5.56 Å². The number of ether oxygens (including phenoxy) is 1. The Labute approximate surface area is 202 Å². The Bertz CT molecular complexity index is 1270. The van der Waals surface area contributed by atoms with Crippen LogP contribution in [0.2, 0.25) is 0 Å². The fourth-order valence-corrected chi connectivity index (χ4v) is 4.59. The normalized spacial score (nSPS) is 20.6. The molecule has 2 aliphatic rings. The summed E-state index contributed by atoms with van der Waals surface area (Å²) in [6, 6.07) is 9.90. The predicted octanol–water partition coefficient (Wildman–Crippen LogP) is 6.10. The number of halogens is 11. The molecule has 3 unspecified atom stereocenters. The molecule has 0 radical (unpaired) electrons. The molecule has 0 spiro atoms. The van der Waals surface area contributed by atoms with Crippen LogP contribution >= 0.6 is 0 Å². The Morgan fingerprint density at radius 1 is 0.892 bits per heavy atom. The highest BCUT2D eigenvalue weighted by atomic mass is 32.2. The molecule has 16 heteroatoms.